The minimum atomic E-state index is -0.324. The zero-order chi connectivity index (χ0) is 15.0. The summed E-state index contributed by atoms with van der Waals surface area (Å²) in [5.74, 6) is 0.553. The Labute approximate surface area is 122 Å². The Morgan fingerprint density at radius 3 is 3.00 bits per heavy atom. The van der Waals surface area contributed by atoms with Gasteiger partial charge in [0.05, 0.1) is 17.4 Å². The van der Waals surface area contributed by atoms with Crippen LogP contribution in [-0.4, -0.2) is 54.7 Å². The van der Waals surface area contributed by atoms with Crippen molar-refractivity contribution in [3.63, 3.8) is 0 Å². The lowest BCUT2D eigenvalue weighted by Crippen LogP contribution is -2.45. The molecule has 1 N–H and O–H groups in total. The molecule has 3 rings (SSSR count). The quantitative estimate of drug-likeness (QED) is 0.872. The molecule has 0 saturated carbocycles. The molecule has 0 aromatic carbocycles. The van der Waals surface area contributed by atoms with E-state index in [4.69, 9.17) is 0 Å². The van der Waals surface area contributed by atoms with Crippen molar-refractivity contribution in [2.24, 2.45) is 5.92 Å². The van der Waals surface area contributed by atoms with Crippen molar-refractivity contribution in [3.8, 4) is 0 Å². The molecule has 0 spiro atoms. The van der Waals surface area contributed by atoms with Gasteiger partial charge in [0.25, 0.3) is 11.7 Å². The van der Waals surface area contributed by atoms with Gasteiger partial charge in [0.15, 0.2) is 0 Å². The largest absolute Gasteiger partial charge is 0.393 e. The lowest BCUT2D eigenvalue weighted by atomic mass is 9.96. The van der Waals surface area contributed by atoms with E-state index in [0.29, 0.717) is 37.3 Å². The highest BCUT2D eigenvalue weighted by Gasteiger charge is 2.29. The average Bonchev–Trinajstić information content (AvgIpc) is 2.96. The van der Waals surface area contributed by atoms with Crippen molar-refractivity contribution >= 4 is 11.7 Å². The lowest BCUT2D eigenvalue weighted by Gasteiger charge is -2.34. The summed E-state index contributed by atoms with van der Waals surface area (Å²) in [7, 11) is 0. The third kappa shape index (κ3) is 2.37. The minimum Gasteiger partial charge on any atom is -0.393 e. The molecule has 1 amide bonds. The lowest BCUT2D eigenvalue weighted by molar-refractivity contribution is 0.0296. The second kappa shape index (κ2) is 5.40. The molecule has 1 saturated heterocycles. The standard InChI is InChI=1S/C14H19N5O2/c1-3-11-10(6-15-14-16-8-17-19(11)14)13(21)18-5-4-12(20)9(2)7-18/h6,8-9,12,20H,3-5,7H2,1-2H3. The van der Waals surface area contributed by atoms with Crippen LogP contribution in [0.4, 0.5) is 0 Å². The Morgan fingerprint density at radius 1 is 1.48 bits per heavy atom. The fourth-order valence-electron chi connectivity index (χ4n) is 2.83. The topological polar surface area (TPSA) is 83.6 Å². The molecule has 2 aromatic rings. The summed E-state index contributed by atoms with van der Waals surface area (Å²) in [5, 5.41) is 13.9. The Bertz CT molecular complexity index is 668. The Balaban J connectivity index is 1.94. The first kappa shape index (κ1) is 13.9. The van der Waals surface area contributed by atoms with E-state index in [1.807, 2.05) is 13.8 Å². The van der Waals surface area contributed by atoms with Gasteiger partial charge in [-0.1, -0.05) is 13.8 Å². The van der Waals surface area contributed by atoms with Crippen molar-refractivity contribution in [1.29, 1.82) is 0 Å². The van der Waals surface area contributed by atoms with Gasteiger partial charge in [-0.3, -0.25) is 4.79 Å². The summed E-state index contributed by atoms with van der Waals surface area (Å²) in [6.45, 7) is 5.08. The van der Waals surface area contributed by atoms with Crippen LogP contribution in [0.15, 0.2) is 12.5 Å². The summed E-state index contributed by atoms with van der Waals surface area (Å²) in [6.07, 6.45) is 3.99. The number of fused-ring (bicyclic) bond motifs is 1. The van der Waals surface area contributed by atoms with Crippen LogP contribution in [0, 0.1) is 5.92 Å². The molecule has 7 heteroatoms. The van der Waals surface area contributed by atoms with Crippen LogP contribution in [0.5, 0.6) is 0 Å². The van der Waals surface area contributed by atoms with Gasteiger partial charge in [-0.15, -0.1) is 0 Å². The molecule has 2 unspecified atom stereocenters. The molecule has 3 heterocycles. The van der Waals surface area contributed by atoms with Gasteiger partial charge in [0.1, 0.15) is 6.33 Å². The number of aryl methyl sites for hydroxylation is 1. The third-order valence-electron chi connectivity index (χ3n) is 4.12. The number of carbonyl (C=O) groups is 1. The monoisotopic (exact) mass is 289 g/mol. The van der Waals surface area contributed by atoms with E-state index in [9.17, 15) is 9.90 Å². The number of carbonyl (C=O) groups excluding carboxylic acids is 1. The number of nitrogens with zero attached hydrogens (tertiary/aromatic N) is 5. The second-order valence-electron chi connectivity index (χ2n) is 5.53. The van der Waals surface area contributed by atoms with Crippen molar-refractivity contribution in [1.82, 2.24) is 24.5 Å². The van der Waals surface area contributed by atoms with Gasteiger partial charge >= 0.3 is 0 Å². The maximum atomic E-state index is 12.7. The minimum absolute atomic E-state index is 0.0458. The van der Waals surface area contributed by atoms with Crippen LogP contribution >= 0.6 is 0 Å². The van der Waals surface area contributed by atoms with E-state index in [1.54, 1.807) is 15.6 Å². The zero-order valence-corrected chi connectivity index (χ0v) is 12.2. The molecule has 1 aliphatic rings. The number of hydrogen-bond acceptors (Lipinski definition) is 5. The number of aromatic nitrogens is 4. The number of likely N-dealkylation sites (tertiary alicyclic amines) is 1. The third-order valence-corrected chi connectivity index (χ3v) is 4.12. The zero-order valence-electron chi connectivity index (χ0n) is 12.2. The van der Waals surface area contributed by atoms with Crippen LogP contribution in [0.2, 0.25) is 0 Å². The molecule has 1 aliphatic heterocycles. The molecule has 0 radical (unpaired) electrons. The molecular formula is C14H19N5O2. The van der Waals surface area contributed by atoms with Gasteiger partial charge in [-0.2, -0.15) is 10.1 Å². The molecule has 112 valence electrons. The summed E-state index contributed by atoms with van der Waals surface area (Å²) in [6, 6.07) is 0. The highest BCUT2D eigenvalue weighted by Crippen LogP contribution is 2.20. The number of amides is 1. The van der Waals surface area contributed by atoms with E-state index in [2.05, 4.69) is 15.1 Å². The Morgan fingerprint density at radius 2 is 2.29 bits per heavy atom. The summed E-state index contributed by atoms with van der Waals surface area (Å²) >= 11 is 0. The molecule has 7 nitrogen and oxygen atoms in total. The summed E-state index contributed by atoms with van der Waals surface area (Å²) < 4.78 is 1.62. The van der Waals surface area contributed by atoms with Gasteiger partial charge in [0.2, 0.25) is 0 Å². The van der Waals surface area contributed by atoms with E-state index in [0.717, 1.165) is 5.69 Å². The summed E-state index contributed by atoms with van der Waals surface area (Å²) in [5.41, 5.74) is 1.39. The number of hydrogen-bond donors (Lipinski definition) is 1. The maximum Gasteiger partial charge on any atom is 0.257 e. The smallest absolute Gasteiger partial charge is 0.257 e. The highest BCUT2D eigenvalue weighted by molar-refractivity contribution is 5.95. The van der Waals surface area contributed by atoms with Crippen LogP contribution in [-0.2, 0) is 6.42 Å². The molecule has 1 fully saturated rings. The van der Waals surface area contributed by atoms with Crippen molar-refractivity contribution < 1.29 is 9.90 Å². The first-order valence-corrected chi connectivity index (χ1v) is 7.26. The van der Waals surface area contributed by atoms with Crippen LogP contribution in [0.1, 0.15) is 36.3 Å². The van der Waals surface area contributed by atoms with Gasteiger partial charge in [-0.25, -0.2) is 9.50 Å². The normalized spacial score (nSPS) is 22.7. The van der Waals surface area contributed by atoms with Crippen molar-refractivity contribution in [3.05, 3.63) is 23.8 Å². The first-order valence-electron chi connectivity index (χ1n) is 7.26. The van der Waals surface area contributed by atoms with Gasteiger partial charge < -0.3 is 10.0 Å². The average molecular weight is 289 g/mol. The van der Waals surface area contributed by atoms with Crippen LogP contribution in [0.3, 0.4) is 0 Å². The number of piperidine rings is 1. The molecule has 2 atom stereocenters. The summed E-state index contributed by atoms with van der Waals surface area (Å²) in [4.78, 5) is 22.8. The maximum absolute atomic E-state index is 12.7. The predicted octanol–water partition coefficient (Wildman–Crippen LogP) is 0.530. The molecule has 21 heavy (non-hydrogen) atoms. The molecule has 0 aliphatic carbocycles. The number of aliphatic hydroxyl groups excluding tert-OH is 1. The van der Waals surface area contributed by atoms with Crippen LogP contribution < -0.4 is 0 Å². The van der Waals surface area contributed by atoms with Crippen LogP contribution in [0.25, 0.3) is 5.78 Å². The molecule has 2 aromatic heterocycles. The first-order chi connectivity index (χ1) is 10.1. The van der Waals surface area contributed by atoms with E-state index >= 15 is 0 Å². The predicted molar refractivity (Wildman–Crippen MR) is 75.9 cm³/mol. The van der Waals surface area contributed by atoms with Crippen molar-refractivity contribution in [2.75, 3.05) is 13.1 Å². The highest BCUT2D eigenvalue weighted by atomic mass is 16.3. The Hall–Kier alpha value is -2.02. The second-order valence-corrected chi connectivity index (χ2v) is 5.53. The van der Waals surface area contributed by atoms with E-state index in [1.165, 1.54) is 6.33 Å². The molecule has 0 bridgehead atoms. The fourth-order valence-corrected chi connectivity index (χ4v) is 2.83. The number of aliphatic hydroxyl groups is 1. The van der Waals surface area contributed by atoms with Crippen molar-refractivity contribution in [2.45, 2.75) is 32.8 Å². The van der Waals surface area contributed by atoms with E-state index in [-0.39, 0.29) is 17.9 Å². The van der Waals surface area contributed by atoms with Gasteiger partial charge in [-0.05, 0) is 18.8 Å². The van der Waals surface area contributed by atoms with Gasteiger partial charge in [0, 0.05) is 19.3 Å². The fraction of sp³-hybridized carbons (Fsp3) is 0.571. The number of rotatable bonds is 2. The molecular weight excluding hydrogens is 270 g/mol. The SMILES string of the molecule is CCc1c(C(=O)N2CCC(O)C(C)C2)cnc2ncnn12. The Kier molecular flexibility index (Phi) is 3.59. The van der Waals surface area contributed by atoms with E-state index < -0.39 is 0 Å².